The minimum absolute atomic E-state index is 1.20. The summed E-state index contributed by atoms with van der Waals surface area (Å²) in [5.74, 6) is 0. The average Bonchev–Trinajstić information content (AvgIpc) is 3.04. The minimum Gasteiger partial charge on any atom is -0.135 e. The van der Waals surface area contributed by atoms with Crippen LogP contribution >= 0.6 is 11.3 Å². The van der Waals surface area contributed by atoms with Crippen LogP contribution in [0.4, 0.5) is 0 Å². The normalized spacial score (nSPS) is 11.9. The van der Waals surface area contributed by atoms with Gasteiger partial charge in [0, 0.05) is 20.2 Å². The molecular weight excluding hydrogens is 356 g/mol. The molecule has 0 unspecified atom stereocenters. The van der Waals surface area contributed by atoms with Gasteiger partial charge >= 0.3 is 0 Å². The van der Waals surface area contributed by atoms with Crippen molar-refractivity contribution in [3.05, 3.63) is 71.8 Å². The molecule has 1 heterocycles. The standard InChI is InChI=1S/C27H26S/c1-3-4-5-6-9-19-13-23-15-25-24-14-20-10-7-8-11-21(20)16-26(24)28-27(25)17-22(23)12-18(19)2/h7-8,10-17H,3-6,9H2,1-2H3. The van der Waals surface area contributed by atoms with Gasteiger partial charge in [0.2, 0.25) is 0 Å². The molecule has 140 valence electrons. The van der Waals surface area contributed by atoms with E-state index in [0.717, 1.165) is 0 Å². The van der Waals surface area contributed by atoms with E-state index < -0.39 is 0 Å². The molecule has 0 radical (unpaired) electrons. The van der Waals surface area contributed by atoms with E-state index >= 15 is 0 Å². The summed E-state index contributed by atoms with van der Waals surface area (Å²) >= 11 is 1.92. The van der Waals surface area contributed by atoms with Crippen molar-refractivity contribution in [2.75, 3.05) is 0 Å². The molecule has 5 aromatic rings. The molecule has 0 aliphatic heterocycles. The third-order valence-electron chi connectivity index (χ3n) is 6.05. The Morgan fingerprint density at radius 3 is 2.07 bits per heavy atom. The summed E-state index contributed by atoms with van der Waals surface area (Å²) in [4.78, 5) is 0. The van der Waals surface area contributed by atoms with Gasteiger partial charge in [-0.15, -0.1) is 11.3 Å². The van der Waals surface area contributed by atoms with Crippen molar-refractivity contribution in [1.82, 2.24) is 0 Å². The average molecular weight is 383 g/mol. The summed E-state index contributed by atoms with van der Waals surface area (Å²) in [6, 6.07) is 23.1. The number of hydrogen-bond donors (Lipinski definition) is 0. The summed E-state index contributed by atoms with van der Waals surface area (Å²) in [6.45, 7) is 4.55. The predicted molar refractivity (Wildman–Crippen MR) is 127 cm³/mol. The zero-order valence-corrected chi connectivity index (χ0v) is 17.5. The monoisotopic (exact) mass is 382 g/mol. The second-order valence-corrected chi connectivity index (χ2v) is 9.17. The van der Waals surface area contributed by atoms with Gasteiger partial charge in [0.15, 0.2) is 0 Å². The van der Waals surface area contributed by atoms with E-state index in [9.17, 15) is 0 Å². The Bertz CT molecular complexity index is 1310. The van der Waals surface area contributed by atoms with Crippen LogP contribution < -0.4 is 0 Å². The van der Waals surface area contributed by atoms with Gasteiger partial charge in [-0.05, 0) is 76.7 Å². The number of rotatable bonds is 5. The van der Waals surface area contributed by atoms with Crippen LogP contribution in [0.5, 0.6) is 0 Å². The SMILES string of the molecule is CCCCCCc1cc2cc3c(cc2cc1C)sc1cc2ccccc2cc13. The molecule has 0 atom stereocenters. The van der Waals surface area contributed by atoms with Gasteiger partial charge in [-0.25, -0.2) is 0 Å². The van der Waals surface area contributed by atoms with Crippen LogP contribution in [0.3, 0.4) is 0 Å². The quantitative estimate of drug-likeness (QED) is 0.266. The molecule has 0 amide bonds. The highest BCUT2D eigenvalue weighted by atomic mass is 32.1. The van der Waals surface area contributed by atoms with E-state index in [2.05, 4.69) is 74.5 Å². The van der Waals surface area contributed by atoms with Crippen molar-refractivity contribution in [3.63, 3.8) is 0 Å². The molecule has 4 aromatic carbocycles. The maximum absolute atomic E-state index is 2.45. The van der Waals surface area contributed by atoms with Gasteiger partial charge < -0.3 is 0 Å². The highest BCUT2D eigenvalue weighted by Crippen LogP contribution is 2.39. The molecule has 0 nitrogen and oxygen atoms in total. The minimum atomic E-state index is 1.20. The smallest absolute Gasteiger partial charge is 0.0361 e. The molecule has 0 saturated carbocycles. The summed E-state index contributed by atoms with van der Waals surface area (Å²) in [6.07, 6.45) is 6.50. The Hall–Kier alpha value is -2.38. The molecule has 0 N–H and O–H groups in total. The molecule has 1 aromatic heterocycles. The van der Waals surface area contributed by atoms with E-state index in [1.165, 1.54) is 84.9 Å². The Balaban J connectivity index is 1.65. The zero-order chi connectivity index (χ0) is 19.1. The van der Waals surface area contributed by atoms with Gasteiger partial charge in [0.05, 0.1) is 0 Å². The van der Waals surface area contributed by atoms with Crippen molar-refractivity contribution in [1.29, 1.82) is 0 Å². The second-order valence-electron chi connectivity index (χ2n) is 8.08. The topological polar surface area (TPSA) is 0 Å². The Morgan fingerprint density at radius 1 is 0.679 bits per heavy atom. The van der Waals surface area contributed by atoms with Crippen LogP contribution in [-0.2, 0) is 6.42 Å². The number of thiophene rings is 1. The Kier molecular flexibility index (Phi) is 4.56. The first kappa shape index (κ1) is 17.7. The molecule has 0 saturated heterocycles. The van der Waals surface area contributed by atoms with Gasteiger partial charge in [-0.2, -0.15) is 0 Å². The fourth-order valence-corrected chi connectivity index (χ4v) is 5.60. The van der Waals surface area contributed by atoms with Crippen LogP contribution in [0, 0.1) is 6.92 Å². The predicted octanol–water partition coefficient (Wildman–Crippen LogP) is 8.79. The lowest BCUT2D eigenvalue weighted by molar-refractivity contribution is 0.666. The second kappa shape index (κ2) is 7.22. The third-order valence-corrected chi connectivity index (χ3v) is 7.17. The van der Waals surface area contributed by atoms with Gasteiger partial charge in [-0.1, -0.05) is 62.6 Å². The largest absolute Gasteiger partial charge is 0.135 e. The third kappa shape index (κ3) is 3.08. The highest BCUT2D eigenvalue weighted by Gasteiger charge is 2.10. The fourth-order valence-electron chi connectivity index (χ4n) is 4.43. The van der Waals surface area contributed by atoms with Crippen LogP contribution in [0.25, 0.3) is 41.7 Å². The number of hydrogen-bond acceptors (Lipinski definition) is 1. The zero-order valence-electron chi connectivity index (χ0n) is 16.7. The Labute approximate surface area is 170 Å². The first-order valence-corrected chi connectivity index (χ1v) is 11.3. The molecule has 0 bridgehead atoms. The molecule has 0 fully saturated rings. The van der Waals surface area contributed by atoms with Crippen LogP contribution in [0.1, 0.15) is 43.7 Å². The van der Waals surface area contributed by atoms with Crippen molar-refractivity contribution in [2.45, 2.75) is 46.0 Å². The molecule has 1 heteroatoms. The summed E-state index contributed by atoms with van der Waals surface area (Å²) in [5.41, 5.74) is 2.96. The molecule has 28 heavy (non-hydrogen) atoms. The fraction of sp³-hybridized carbons (Fsp3) is 0.259. The van der Waals surface area contributed by atoms with Gasteiger partial charge in [0.1, 0.15) is 0 Å². The van der Waals surface area contributed by atoms with Crippen LogP contribution in [-0.4, -0.2) is 0 Å². The number of benzene rings is 4. The summed E-state index contributed by atoms with van der Waals surface area (Å²) in [5, 5.41) is 8.21. The molecule has 0 aliphatic rings. The van der Waals surface area contributed by atoms with E-state index in [0.29, 0.717) is 0 Å². The van der Waals surface area contributed by atoms with Crippen molar-refractivity contribution < 1.29 is 0 Å². The molecular formula is C27H26S. The lowest BCUT2D eigenvalue weighted by Crippen LogP contribution is -1.91. The number of unbranched alkanes of at least 4 members (excludes halogenated alkanes) is 3. The highest BCUT2D eigenvalue weighted by molar-refractivity contribution is 7.26. The van der Waals surface area contributed by atoms with E-state index in [-0.39, 0.29) is 0 Å². The number of aryl methyl sites for hydroxylation is 2. The summed E-state index contributed by atoms with van der Waals surface area (Å²) in [7, 11) is 0. The maximum Gasteiger partial charge on any atom is 0.0361 e. The van der Waals surface area contributed by atoms with E-state index in [1.807, 2.05) is 11.3 Å². The lowest BCUT2D eigenvalue weighted by Gasteiger charge is -2.09. The summed E-state index contributed by atoms with van der Waals surface area (Å²) < 4.78 is 2.79. The lowest BCUT2D eigenvalue weighted by atomic mass is 9.96. The maximum atomic E-state index is 2.45. The first-order chi connectivity index (χ1) is 13.7. The number of fused-ring (bicyclic) bond motifs is 5. The van der Waals surface area contributed by atoms with Crippen molar-refractivity contribution in [2.24, 2.45) is 0 Å². The van der Waals surface area contributed by atoms with Crippen LogP contribution in [0.2, 0.25) is 0 Å². The van der Waals surface area contributed by atoms with Crippen LogP contribution in [0.15, 0.2) is 60.7 Å². The Morgan fingerprint density at radius 2 is 1.32 bits per heavy atom. The molecule has 0 aliphatic carbocycles. The molecule has 5 rings (SSSR count). The molecule has 0 spiro atoms. The van der Waals surface area contributed by atoms with Crippen molar-refractivity contribution >= 4 is 53.1 Å². The first-order valence-electron chi connectivity index (χ1n) is 10.5. The van der Waals surface area contributed by atoms with E-state index in [4.69, 9.17) is 0 Å². The van der Waals surface area contributed by atoms with E-state index in [1.54, 1.807) is 0 Å². The van der Waals surface area contributed by atoms with Gasteiger partial charge in [-0.3, -0.25) is 0 Å². The van der Waals surface area contributed by atoms with Crippen molar-refractivity contribution in [3.8, 4) is 0 Å². The van der Waals surface area contributed by atoms with Gasteiger partial charge in [0.25, 0.3) is 0 Å².